The second-order valence-electron chi connectivity index (χ2n) is 3.34. The highest BCUT2D eigenvalue weighted by Gasteiger charge is 2.22. The maximum absolute atomic E-state index is 11.2. The molecule has 1 fully saturated rings. The van der Waals surface area contributed by atoms with Gasteiger partial charge in [0.2, 0.25) is 5.95 Å². The summed E-state index contributed by atoms with van der Waals surface area (Å²) in [6.45, 7) is 0.978. The molecular weight excluding hydrogens is 329 g/mol. The zero-order chi connectivity index (χ0) is 10.9. The third kappa shape index (κ3) is 2.77. The van der Waals surface area contributed by atoms with Gasteiger partial charge in [-0.25, -0.2) is 18.4 Å². The molecule has 0 bridgehead atoms. The lowest BCUT2D eigenvalue weighted by Gasteiger charge is -2.26. The van der Waals surface area contributed by atoms with Crippen molar-refractivity contribution in [1.29, 1.82) is 0 Å². The summed E-state index contributed by atoms with van der Waals surface area (Å²) in [4.78, 5) is 10.2. The molecule has 0 N–H and O–H groups in total. The molecule has 7 heteroatoms. The van der Waals surface area contributed by atoms with Crippen LogP contribution < -0.4 is 4.90 Å². The van der Waals surface area contributed by atoms with E-state index in [-0.39, 0.29) is 11.5 Å². The molecule has 0 radical (unpaired) electrons. The summed E-state index contributed by atoms with van der Waals surface area (Å²) in [6, 6.07) is 0. The first-order valence-electron chi connectivity index (χ1n) is 4.50. The number of sulfone groups is 1. The van der Waals surface area contributed by atoms with E-state index in [9.17, 15) is 8.42 Å². The lowest BCUT2D eigenvalue weighted by Crippen LogP contribution is -2.41. The molecule has 0 aliphatic carbocycles. The summed E-state index contributed by atoms with van der Waals surface area (Å²) < 4.78 is 23.4. The number of hydrogen-bond acceptors (Lipinski definition) is 5. The Morgan fingerprint density at radius 2 is 1.73 bits per heavy atom. The molecule has 2 heterocycles. The number of halogens is 1. The van der Waals surface area contributed by atoms with Crippen LogP contribution in [0.1, 0.15) is 0 Å². The Morgan fingerprint density at radius 1 is 1.20 bits per heavy atom. The molecule has 0 saturated carbocycles. The first-order chi connectivity index (χ1) is 7.07. The maximum Gasteiger partial charge on any atom is 0.225 e. The minimum Gasteiger partial charge on any atom is -0.339 e. The molecule has 1 aromatic heterocycles. The Bertz CT molecular complexity index is 431. The predicted molar refractivity (Wildman–Crippen MR) is 65.6 cm³/mol. The largest absolute Gasteiger partial charge is 0.339 e. The van der Waals surface area contributed by atoms with Gasteiger partial charge in [-0.3, -0.25) is 0 Å². The predicted octanol–water partition coefficient (Wildman–Crippen LogP) is 0.316. The fraction of sp³-hybridized carbons (Fsp3) is 0.500. The summed E-state index contributed by atoms with van der Waals surface area (Å²) in [7, 11) is -2.83. The lowest BCUT2D eigenvalue weighted by atomic mass is 10.5. The summed E-state index contributed by atoms with van der Waals surface area (Å²) in [5.74, 6) is 1.01. The van der Waals surface area contributed by atoms with Crippen LogP contribution in [-0.4, -0.2) is 43.0 Å². The number of rotatable bonds is 1. The van der Waals surface area contributed by atoms with E-state index in [1.807, 2.05) is 4.90 Å². The van der Waals surface area contributed by atoms with Crippen molar-refractivity contribution in [2.24, 2.45) is 0 Å². The first-order valence-corrected chi connectivity index (χ1v) is 7.40. The van der Waals surface area contributed by atoms with E-state index < -0.39 is 9.84 Å². The first kappa shape index (κ1) is 11.1. The molecule has 5 nitrogen and oxygen atoms in total. The van der Waals surface area contributed by atoms with E-state index in [0.717, 1.165) is 3.57 Å². The molecule has 15 heavy (non-hydrogen) atoms. The van der Waals surface area contributed by atoms with Crippen molar-refractivity contribution in [1.82, 2.24) is 9.97 Å². The van der Waals surface area contributed by atoms with Gasteiger partial charge in [-0.1, -0.05) is 0 Å². The molecule has 2 rings (SSSR count). The SMILES string of the molecule is O=S1(=O)CCN(c2ncc(I)cn2)CC1. The quantitative estimate of drug-likeness (QED) is 0.690. The molecule has 0 amide bonds. The van der Waals surface area contributed by atoms with Crippen molar-refractivity contribution in [3.05, 3.63) is 16.0 Å². The minimum absolute atomic E-state index is 0.197. The number of hydrogen-bond donors (Lipinski definition) is 0. The van der Waals surface area contributed by atoms with Gasteiger partial charge >= 0.3 is 0 Å². The monoisotopic (exact) mass is 339 g/mol. The molecule has 0 aromatic carbocycles. The van der Waals surface area contributed by atoms with Crippen LogP contribution in [0.25, 0.3) is 0 Å². The Hall–Kier alpha value is -0.440. The molecule has 1 aliphatic heterocycles. The fourth-order valence-electron chi connectivity index (χ4n) is 1.38. The molecule has 82 valence electrons. The zero-order valence-corrected chi connectivity index (χ0v) is 10.9. The molecule has 1 aliphatic rings. The highest BCUT2D eigenvalue weighted by molar-refractivity contribution is 14.1. The van der Waals surface area contributed by atoms with Gasteiger partial charge < -0.3 is 4.90 Å². The van der Waals surface area contributed by atoms with Crippen molar-refractivity contribution in [3.63, 3.8) is 0 Å². The van der Waals surface area contributed by atoms with Gasteiger partial charge in [-0.2, -0.15) is 0 Å². The normalized spacial score (nSPS) is 20.2. The van der Waals surface area contributed by atoms with E-state index in [4.69, 9.17) is 0 Å². The van der Waals surface area contributed by atoms with Crippen molar-refractivity contribution in [3.8, 4) is 0 Å². The van der Waals surface area contributed by atoms with Crippen LogP contribution in [0.3, 0.4) is 0 Å². The maximum atomic E-state index is 11.2. The fourth-order valence-corrected chi connectivity index (χ4v) is 2.86. The highest BCUT2D eigenvalue weighted by atomic mass is 127. The minimum atomic E-state index is -2.83. The van der Waals surface area contributed by atoms with E-state index >= 15 is 0 Å². The molecule has 0 atom stereocenters. The van der Waals surface area contributed by atoms with Gasteiger partial charge in [0.15, 0.2) is 9.84 Å². The van der Waals surface area contributed by atoms with Crippen molar-refractivity contribution < 1.29 is 8.42 Å². The van der Waals surface area contributed by atoms with Gasteiger partial charge in [0, 0.05) is 29.1 Å². The molecular formula is C8H10IN3O2S. The van der Waals surface area contributed by atoms with Gasteiger partial charge in [0.05, 0.1) is 11.5 Å². The van der Waals surface area contributed by atoms with Crippen molar-refractivity contribution in [2.45, 2.75) is 0 Å². The Labute approximate surface area is 102 Å². The van der Waals surface area contributed by atoms with Crippen LogP contribution in [0.15, 0.2) is 12.4 Å². The number of anilines is 1. The number of nitrogens with zero attached hydrogens (tertiary/aromatic N) is 3. The second-order valence-corrected chi connectivity index (χ2v) is 6.89. The Kier molecular flexibility index (Phi) is 3.10. The molecule has 0 spiro atoms. The molecule has 1 saturated heterocycles. The smallest absolute Gasteiger partial charge is 0.225 e. The van der Waals surface area contributed by atoms with Gasteiger partial charge in [-0.05, 0) is 22.6 Å². The summed E-state index contributed by atoms with van der Waals surface area (Å²) >= 11 is 2.13. The zero-order valence-electron chi connectivity index (χ0n) is 7.93. The number of aromatic nitrogens is 2. The molecule has 0 unspecified atom stereocenters. The van der Waals surface area contributed by atoms with Crippen LogP contribution in [0.5, 0.6) is 0 Å². The van der Waals surface area contributed by atoms with Crippen LogP contribution in [0.4, 0.5) is 5.95 Å². The Morgan fingerprint density at radius 3 is 2.27 bits per heavy atom. The van der Waals surface area contributed by atoms with Gasteiger partial charge in [-0.15, -0.1) is 0 Å². The Balaban J connectivity index is 2.11. The lowest BCUT2D eigenvalue weighted by molar-refractivity contribution is 0.585. The van der Waals surface area contributed by atoms with E-state index in [0.29, 0.717) is 19.0 Å². The van der Waals surface area contributed by atoms with E-state index in [2.05, 4.69) is 32.6 Å². The van der Waals surface area contributed by atoms with Gasteiger partial charge in [0.1, 0.15) is 0 Å². The molecule has 1 aromatic rings. The van der Waals surface area contributed by atoms with Gasteiger partial charge in [0.25, 0.3) is 0 Å². The summed E-state index contributed by atoms with van der Waals surface area (Å²) in [5.41, 5.74) is 0. The third-order valence-electron chi connectivity index (χ3n) is 2.23. The van der Waals surface area contributed by atoms with Crippen LogP contribution in [0.2, 0.25) is 0 Å². The highest BCUT2D eigenvalue weighted by Crippen LogP contribution is 2.12. The summed E-state index contributed by atoms with van der Waals surface area (Å²) in [5, 5.41) is 0. The van der Waals surface area contributed by atoms with E-state index in [1.54, 1.807) is 12.4 Å². The van der Waals surface area contributed by atoms with Crippen molar-refractivity contribution in [2.75, 3.05) is 29.5 Å². The van der Waals surface area contributed by atoms with Crippen molar-refractivity contribution >= 4 is 38.4 Å². The average Bonchev–Trinajstić information content (AvgIpc) is 2.20. The van der Waals surface area contributed by atoms with Crippen LogP contribution >= 0.6 is 22.6 Å². The average molecular weight is 339 g/mol. The topological polar surface area (TPSA) is 63.2 Å². The standard InChI is InChI=1S/C8H10IN3O2S/c9-7-5-10-8(11-6-7)12-1-3-15(13,14)4-2-12/h5-6H,1-4H2. The van der Waals surface area contributed by atoms with E-state index in [1.165, 1.54) is 0 Å². The third-order valence-corrected chi connectivity index (χ3v) is 4.40. The second kappa shape index (κ2) is 4.20. The van der Waals surface area contributed by atoms with Crippen LogP contribution in [0, 0.1) is 3.57 Å². The summed E-state index contributed by atoms with van der Waals surface area (Å²) in [6.07, 6.45) is 3.46. The van der Waals surface area contributed by atoms with Crippen LogP contribution in [-0.2, 0) is 9.84 Å².